The summed E-state index contributed by atoms with van der Waals surface area (Å²) in [6.07, 6.45) is 2.69. The molecule has 1 aliphatic rings. The lowest BCUT2D eigenvalue weighted by Crippen LogP contribution is -2.36. The highest BCUT2D eigenvalue weighted by Crippen LogP contribution is 2.37. The maximum atomic E-state index is 12.8. The third-order valence-electron chi connectivity index (χ3n) is 6.14. The van der Waals surface area contributed by atoms with Gasteiger partial charge < -0.3 is 19.7 Å². The molecule has 0 bridgehead atoms. The van der Waals surface area contributed by atoms with Gasteiger partial charge in [-0.1, -0.05) is 25.1 Å². The molecular formula is C27H28N4O4S. The van der Waals surface area contributed by atoms with Crippen molar-refractivity contribution in [3.8, 4) is 11.8 Å². The number of pyridine rings is 1. The maximum absolute atomic E-state index is 12.8. The molecule has 0 spiro atoms. The van der Waals surface area contributed by atoms with E-state index in [0.29, 0.717) is 36.5 Å². The molecule has 9 heteroatoms. The van der Waals surface area contributed by atoms with E-state index in [0.717, 1.165) is 27.4 Å². The molecule has 2 amide bonds. The molecule has 36 heavy (non-hydrogen) atoms. The van der Waals surface area contributed by atoms with Crippen LogP contribution < -0.4 is 10.1 Å². The van der Waals surface area contributed by atoms with Crippen molar-refractivity contribution >= 4 is 28.3 Å². The summed E-state index contributed by atoms with van der Waals surface area (Å²) in [4.78, 5) is 32.2. The molecule has 1 aliphatic heterocycles. The van der Waals surface area contributed by atoms with E-state index in [1.54, 1.807) is 18.2 Å². The molecule has 4 rings (SSSR count). The normalized spacial score (nSPS) is 13.3. The van der Waals surface area contributed by atoms with Crippen molar-refractivity contribution in [2.75, 3.05) is 25.6 Å². The molecule has 0 unspecified atom stereocenters. The molecule has 0 fully saturated rings. The number of carbonyl (C=O) groups excluding carboxylic acids is 2. The van der Waals surface area contributed by atoms with Crippen LogP contribution in [0.25, 0.3) is 0 Å². The zero-order valence-electron chi connectivity index (χ0n) is 20.3. The number of nitrogens with zero attached hydrogens (tertiary/aromatic N) is 3. The fourth-order valence-electron chi connectivity index (χ4n) is 4.17. The Balaban J connectivity index is 1.35. The second-order valence-corrected chi connectivity index (χ2v) is 9.71. The average Bonchev–Trinajstić information content (AvgIpc) is 3.25. The Morgan fingerprint density at radius 1 is 1.28 bits per heavy atom. The number of nitriles is 1. The highest BCUT2D eigenvalue weighted by molar-refractivity contribution is 7.16. The van der Waals surface area contributed by atoms with Crippen molar-refractivity contribution in [1.82, 2.24) is 9.88 Å². The molecule has 3 aromatic rings. The summed E-state index contributed by atoms with van der Waals surface area (Å²) in [7, 11) is 1.61. The van der Waals surface area contributed by atoms with Crippen LogP contribution in [-0.4, -0.2) is 42.1 Å². The number of aromatic nitrogens is 1. The smallest absolute Gasteiger partial charge is 0.410 e. The number of carbonyl (C=O) groups is 2. The molecule has 0 saturated heterocycles. The zero-order chi connectivity index (χ0) is 25.5. The van der Waals surface area contributed by atoms with E-state index in [1.165, 1.54) is 11.3 Å². The van der Waals surface area contributed by atoms with Crippen LogP contribution in [0.15, 0.2) is 48.7 Å². The van der Waals surface area contributed by atoms with Gasteiger partial charge in [0.2, 0.25) is 5.91 Å². The van der Waals surface area contributed by atoms with Crippen LogP contribution in [0.4, 0.5) is 9.80 Å². The highest BCUT2D eigenvalue weighted by Gasteiger charge is 2.28. The number of anilines is 1. The van der Waals surface area contributed by atoms with Gasteiger partial charge in [-0.2, -0.15) is 5.26 Å². The molecule has 1 aromatic carbocycles. The minimum Gasteiger partial charge on any atom is -0.497 e. The van der Waals surface area contributed by atoms with Crippen molar-refractivity contribution in [2.24, 2.45) is 0 Å². The van der Waals surface area contributed by atoms with Gasteiger partial charge in [-0.25, -0.2) is 4.79 Å². The average molecular weight is 505 g/mol. The van der Waals surface area contributed by atoms with Gasteiger partial charge in [0.25, 0.3) is 0 Å². The SMILES string of the molecule is COc1cccc([C@@H](C)CC(=O)Nc2sc3c(c2C#N)CCN(C(=O)OCCc2ccccn2)C3)c1. The summed E-state index contributed by atoms with van der Waals surface area (Å²) < 4.78 is 10.7. The van der Waals surface area contributed by atoms with E-state index < -0.39 is 0 Å². The molecule has 2 aromatic heterocycles. The molecule has 1 N–H and O–H groups in total. The molecule has 0 radical (unpaired) electrons. The fourth-order valence-corrected chi connectivity index (χ4v) is 5.40. The number of ether oxygens (including phenoxy) is 2. The number of fused-ring (bicyclic) bond motifs is 1. The van der Waals surface area contributed by atoms with Gasteiger partial charge in [-0.3, -0.25) is 9.78 Å². The number of hydrogen-bond acceptors (Lipinski definition) is 7. The van der Waals surface area contributed by atoms with Crippen LogP contribution in [0, 0.1) is 11.3 Å². The van der Waals surface area contributed by atoms with Gasteiger partial charge in [0.1, 0.15) is 16.8 Å². The molecule has 1 atom stereocenters. The zero-order valence-corrected chi connectivity index (χ0v) is 21.1. The summed E-state index contributed by atoms with van der Waals surface area (Å²) in [6.45, 7) is 3.05. The summed E-state index contributed by atoms with van der Waals surface area (Å²) in [5, 5.41) is 13.2. The predicted molar refractivity (Wildman–Crippen MR) is 137 cm³/mol. The van der Waals surface area contributed by atoms with Crippen LogP contribution in [0.3, 0.4) is 0 Å². The first kappa shape index (κ1) is 25.2. The highest BCUT2D eigenvalue weighted by atomic mass is 32.1. The molecular weight excluding hydrogens is 476 g/mol. The Hall–Kier alpha value is -3.90. The maximum Gasteiger partial charge on any atom is 0.410 e. The predicted octanol–water partition coefficient (Wildman–Crippen LogP) is 4.89. The number of thiophene rings is 1. The summed E-state index contributed by atoms with van der Waals surface area (Å²) in [5.74, 6) is 0.569. The van der Waals surface area contributed by atoms with Crippen LogP contribution in [0.2, 0.25) is 0 Å². The Kier molecular flexibility index (Phi) is 8.18. The van der Waals surface area contributed by atoms with Gasteiger partial charge >= 0.3 is 6.09 Å². The lowest BCUT2D eigenvalue weighted by molar-refractivity contribution is -0.116. The van der Waals surface area contributed by atoms with Gasteiger partial charge in [0, 0.05) is 36.2 Å². The van der Waals surface area contributed by atoms with E-state index >= 15 is 0 Å². The van der Waals surface area contributed by atoms with Crippen molar-refractivity contribution in [1.29, 1.82) is 5.26 Å². The Bertz CT molecular complexity index is 1270. The molecule has 186 valence electrons. The minimum atomic E-state index is -0.388. The number of methoxy groups -OCH3 is 1. The van der Waals surface area contributed by atoms with Gasteiger partial charge in [0.05, 0.1) is 25.8 Å². The van der Waals surface area contributed by atoms with Gasteiger partial charge in [-0.15, -0.1) is 11.3 Å². The topological polar surface area (TPSA) is 105 Å². The number of nitrogens with one attached hydrogen (secondary N) is 1. The molecule has 3 heterocycles. The van der Waals surface area contributed by atoms with Crippen molar-refractivity contribution < 1.29 is 19.1 Å². The monoisotopic (exact) mass is 504 g/mol. The van der Waals surface area contributed by atoms with E-state index in [-0.39, 0.29) is 30.9 Å². The van der Waals surface area contributed by atoms with Crippen molar-refractivity contribution in [3.05, 3.63) is 75.9 Å². The summed E-state index contributed by atoms with van der Waals surface area (Å²) in [6, 6.07) is 15.5. The lowest BCUT2D eigenvalue weighted by Gasteiger charge is -2.26. The van der Waals surface area contributed by atoms with E-state index in [2.05, 4.69) is 16.4 Å². The Labute approximate surface area is 214 Å². The standard InChI is InChI=1S/C27H28N4O4S/c1-18(19-6-5-8-21(15-19)34-2)14-25(32)30-26-23(16-28)22-9-12-31(17-24(22)36-26)27(33)35-13-10-20-7-3-4-11-29-20/h3-8,11,15,18H,9-10,12-14,17H2,1-2H3,(H,30,32)/t18-/m0/s1. The summed E-state index contributed by atoms with van der Waals surface area (Å²) in [5.41, 5.74) is 3.26. The second-order valence-electron chi connectivity index (χ2n) is 8.61. The van der Waals surface area contributed by atoms with Gasteiger partial charge in [-0.05, 0) is 47.7 Å². The Morgan fingerprint density at radius 2 is 2.14 bits per heavy atom. The summed E-state index contributed by atoms with van der Waals surface area (Å²) >= 11 is 1.35. The van der Waals surface area contributed by atoms with Crippen molar-refractivity contribution in [2.45, 2.75) is 38.6 Å². The fraction of sp³-hybridized carbons (Fsp3) is 0.333. The molecule has 8 nitrogen and oxygen atoms in total. The first-order chi connectivity index (χ1) is 17.5. The number of hydrogen-bond donors (Lipinski definition) is 1. The van der Waals surface area contributed by atoms with E-state index in [9.17, 15) is 14.9 Å². The van der Waals surface area contributed by atoms with Crippen molar-refractivity contribution in [3.63, 3.8) is 0 Å². The minimum absolute atomic E-state index is 0.0171. The third-order valence-corrected chi connectivity index (χ3v) is 7.28. The molecule has 0 aliphatic carbocycles. The van der Waals surface area contributed by atoms with Crippen LogP contribution in [-0.2, 0) is 28.9 Å². The van der Waals surface area contributed by atoms with E-state index in [1.807, 2.05) is 49.4 Å². The number of rotatable bonds is 8. The van der Waals surface area contributed by atoms with Gasteiger partial charge in [0.15, 0.2) is 0 Å². The second kappa shape index (κ2) is 11.7. The largest absolute Gasteiger partial charge is 0.497 e. The first-order valence-electron chi connectivity index (χ1n) is 11.8. The molecule has 0 saturated carbocycles. The first-order valence-corrected chi connectivity index (χ1v) is 12.6. The van der Waals surface area contributed by atoms with Crippen LogP contribution in [0.1, 0.15) is 46.5 Å². The van der Waals surface area contributed by atoms with Crippen LogP contribution in [0.5, 0.6) is 5.75 Å². The number of benzene rings is 1. The van der Waals surface area contributed by atoms with Crippen LogP contribution >= 0.6 is 11.3 Å². The quantitative estimate of drug-likeness (QED) is 0.468. The third kappa shape index (κ3) is 6.01. The van der Waals surface area contributed by atoms with E-state index in [4.69, 9.17) is 9.47 Å². The Morgan fingerprint density at radius 3 is 2.89 bits per heavy atom. The number of amides is 2. The lowest BCUT2D eigenvalue weighted by atomic mass is 9.97.